The summed E-state index contributed by atoms with van der Waals surface area (Å²) in [6.45, 7) is 7.41. The van der Waals surface area contributed by atoms with Gasteiger partial charge in [-0.3, -0.25) is 4.99 Å². The monoisotopic (exact) mass is 443 g/mol. The minimum atomic E-state index is 0. The highest BCUT2D eigenvalue weighted by molar-refractivity contribution is 14.0. The quantitative estimate of drug-likeness (QED) is 0.329. The lowest BCUT2D eigenvalue weighted by molar-refractivity contribution is 0.0767. The van der Waals surface area contributed by atoms with Crippen molar-refractivity contribution in [3.8, 4) is 0 Å². The number of likely N-dealkylation sites (tertiary alicyclic amines) is 1. The molecule has 0 amide bonds. The number of furan rings is 1. The first-order valence-electron chi connectivity index (χ1n) is 8.67. The smallest absolute Gasteiger partial charge is 0.194 e. The van der Waals surface area contributed by atoms with Crippen LogP contribution in [-0.2, 0) is 11.2 Å². The van der Waals surface area contributed by atoms with Crippen molar-refractivity contribution in [1.82, 2.24) is 10.2 Å². The van der Waals surface area contributed by atoms with Crippen molar-refractivity contribution in [2.45, 2.75) is 31.5 Å². The topological polar surface area (TPSA) is 50.0 Å². The van der Waals surface area contributed by atoms with Crippen molar-refractivity contribution in [1.29, 1.82) is 0 Å². The van der Waals surface area contributed by atoms with Gasteiger partial charge in [-0.15, -0.1) is 30.6 Å². The zero-order valence-corrected chi connectivity index (χ0v) is 16.2. The maximum absolute atomic E-state index is 6.06. The minimum absolute atomic E-state index is 0. The molecule has 4 rings (SSSR count). The molecule has 3 saturated heterocycles. The molecule has 0 aliphatic carbocycles. The largest absolute Gasteiger partial charge is 0.469 e. The van der Waals surface area contributed by atoms with E-state index in [1.54, 1.807) is 6.26 Å². The van der Waals surface area contributed by atoms with Crippen LogP contribution in [0.4, 0.5) is 0 Å². The summed E-state index contributed by atoms with van der Waals surface area (Å²) in [5, 5.41) is 3.42. The van der Waals surface area contributed by atoms with E-state index in [1.807, 2.05) is 18.2 Å². The first kappa shape index (κ1) is 17.8. The maximum atomic E-state index is 6.06. The number of nitrogens with one attached hydrogen (secondary N) is 1. The number of hydrogen-bond acceptors (Lipinski definition) is 3. The molecular weight excluding hydrogens is 417 g/mol. The van der Waals surface area contributed by atoms with Gasteiger partial charge in [0.2, 0.25) is 0 Å². The molecule has 1 aromatic rings. The van der Waals surface area contributed by atoms with Crippen LogP contribution < -0.4 is 5.32 Å². The van der Waals surface area contributed by atoms with Gasteiger partial charge in [-0.25, -0.2) is 0 Å². The van der Waals surface area contributed by atoms with Crippen molar-refractivity contribution in [2.24, 2.45) is 16.8 Å². The highest BCUT2D eigenvalue weighted by atomic mass is 127. The summed E-state index contributed by atoms with van der Waals surface area (Å²) in [4.78, 5) is 7.21. The number of ether oxygens (including phenoxy) is 1. The molecule has 1 aromatic heterocycles. The first-order valence-corrected chi connectivity index (χ1v) is 8.67. The molecule has 1 N–H and O–H groups in total. The van der Waals surface area contributed by atoms with E-state index < -0.39 is 0 Å². The molecule has 4 atom stereocenters. The average molecular weight is 443 g/mol. The second-order valence-corrected chi connectivity index (χ2v) is 6.73. The number of nitrogens with zero attached hydrogens (tertiary/aromatic N) is 2. The van der Waals surface area contributed by atoms with Gasteiger partial charge < -0.3 is 19.4 Å². The highest BCUT2D eigenvalue weighted by Gasteiger charge is 2.53. The van der Waals surface area contributed by atoms with Gasteiger partial charge in [0.25, 0.3) is 0 Å². The van der Waals surface area contributed by atoms with Crippen molar-refractivity contribution >= 4 is 29.9 Å². The standard InChI is InChI=1S/C18H25N3O2.HI/c1-2-8-19-18(20-9-7-13-4-3-10-22-13)21-11-14-15(12-21)17-6-5-16(14)23-17;/h2-4,10,14-17H,1,5-9,11-12H2,(H,19,20);1H. The Kier molecular flexibility index (Phi) is 5.86. The molecule has 0 saturated carbocycles. The Hall–Kier alpha value is -1.02. The van der Waals surface area contributed by atoms with Gasteiger partial charge in [-0.05, 0) is 25.0 Å². The molecule has 3 aliphatic heterocycles. The van der Waals surface area contributed by atoms with Crippen molar-refractivity contribution < 1.29 is 9.15 Å². The van der Waals surface area contributed by atoms with Crippen LogP contribution in [0.2, 0.25) is 0 Å². The number of aliphatic imine (C=N–C) groups is 1. The van der Waals surface area contributed by atoms with E-state index in [0.717, 1.165) is 44.3 Å². The number of guanidine groups is 1. The maximum Gasteiger partial charge on any atom is 0.194 e. The second-order valence-electron chi connectivity index (χ2n) is 6.73. The molecule has 4 unspecified atom stereocenters. The summed E-state index contributed by atoms with van der Waals surface area (Å²) in [5.41, 5.74) is 0. The number of hydrogen-bond donors (Lipinski definition) is 1. The van der Waals surface area contributed by atoms with Crippen LogP contribution in [0.1, 0.15) is 18.6 Å². The molecule has 132 valence electrons. The van der Waals surface area contributed by atoms with Crippen LogP contribution in [0.5, 0.6) is 0 Å². The Morgan fingerprint density at radius 3 is 2.71 bits per heavy atom. The van der Waals surface area contributed by atoms with Gasteiger partial charge in [-0.2, -0.15) is 0 Å². The van der Waals surface area contributed by atoms with Gasteiger partial charge in [0.1, 0.15) is 5.76 Å². The zero-order valence-electron chi connectivity index (χ0n) is 13.9. The summed E-state index contributed by atoms with van der Waals surface area (Å²) in [5.74, 6) is 3.37. The van der Waals surface area contributed by atoms with Crippen molar-refractivity contribution in [2.75, 3.05) is 26.2 Å². The lowest BCUT2D eigenvalue weighted by Gasteiger charge is -2.23. The molecule has 24 heavy (non-hydrogen) atoms. The van der Waals surface area contributed by atoms with E-state index in [0.29, 0.717) is 24.0 Å². The lowest BCUT2D eigenvalue weighted by atomic mass is 9.82. The highest BCUT2D eigenvalue weighted by Crippen LogP contribution is 2.47. The Morgan fingerprint density at radius 2 is 2.08 bits per heavy atom. The van der Waals surface area contributed by atoms with Crippen LogP contribution in [0.15, 0.2) is 40.5 Å². The predicted octanol–water partition coefficient (Wildman–Crippen LogP) is 2.68. The molecule has 3 aliphatic rings. The number of rotatable bonds is 5. The summed E-state index contributed by atoms with van der Waals surface area (Å²) >= 11 is 0. The molecule has 4 heterocycles. The summed E-state index contributed by atoms with van der Waals surface area (Å²) in [6, 6.07) is 3.93. The molecule has 0 spiro atoms. The molecule has 6 heteroatoms. The molecule has 5 nitrogen and oxygen atoms in total. The fraction of sp³-hybridized carbons (Fsp3) is 0.611. The normalized spacial score (nSPS) is 31.0. The Balaban J connectivity index is 0.00000169. The van der Waals surface area contributed by atoms with Crippen molar-refractivity contribution in [3.05, 3.63) is 36.8 Å². The Labute approximate surface area is 160 Å². The van der Waals surface area contributed by atoms with Gasteiger partial charge in [0.05, 0.1) is 18.5 Å². The third-order valence-corrected chi connectivity index (χ3v) is 5.36. The molecule has 0 radical (unpaired) electrons. The van der Waals surface area contributed by atoms with Gasteiger partial charge in [-0.1, -0.05) is 6.08 Å². The molecule has 3 fully saturated rings. The van der Waals surface area contributed by atoms with Crippen LogP contribution in [0.3, 0.4) is 0 Å². The number of fused-ring (bicyclic) bond motifs is 5. The average Bonchev–Trinajstić information content (AvgIpc) is 3.33. The summed E-state index contributed by atoms with van der Waals surface area (Å²) in [6.07, 6.45) is 7.88. The van der Waals surface area contributed by atoms with E-state index in [2.05, 4.69) is 16.8 Å². The van der Waals surface area contributed by atoms with Gasteiger partial charge >= 0.3 is 0 Å². The third kappa shape index (κ3) is 3.49. The van der Waals surface area contributed by atoms with Gasteiger partial charge in [0.15, 0.2) is 5.96 Å². The summed E-state index contributed by atoms with van der Waals surface area (Å²) in [7, 11) is 0. The fourth-order valence-corrected chi connectivity index (χ4v) is 4.29. The third-order valence-electron chi connectivity index (χ3n) is 5.36. The summed E-state index contributed by atoms with van der Waals surface area (Å²) < 4.78 is 11.4. The van der Waals surface area contributed by atoms with E-state index >= 15 is 0 Å². The van der Waals surface area contributed by atoms with Crippen LogP contribution in [0, 0.1) is 11.8 Å². The molecule has 0 aromatic carbocycles. The zero-order chi connectivity index (χ0) is 15.6. The van der Waals surface area contributed by atoms with E-state index in [1.165, 1.54) is 12.8 Å². The SMILES string of the molecule is C=CCNC(=NCCc1ccco1)N1CC2C3CCC(O3)C2C1.I. The van der Waals surface area contributed by atoms with E-state index in [9.17, 15) is 0 Å². The second kappa shape index (κ2) is 7.91. The fourth-order valence-electron chi connectivity index (χ4n) is 4.29. The van der Waals surface area contributed by atoms with Crippen molar-refractivity contribution in [3.63, 3.8) is 0 Å². The predicted molar refractivity (Wildman–Crippen MR) is 105 cm³/mol. The van der Waals surface area contributed by atoms with Crippen LogP contribution >= 0.6 is 24.0 Å². The Bertz CT molecular complexity index is 557. The van der Waals surface area contributed by atoms with E-state index in [-0.39, 0.29) is 24.0 Å². The first-order chi connectivity index (χ1) is 11.3. The molecular formula is C18H26IN3O2. The minimum Gasteiger partial charge on any atom is -0.469 e. The van der Waals surface area contributed by atoms with Crippen LogP contribution in [0.25, 0.3) is 0 Å². The van der Waals surface area contributed by atoms with Crippen LogP contribution in [-0.4, -0.2) is 49.2 Å². The van der Waals surface area contributed by atoms with E-state index in [4.69, 9.17) is 14.1 Å². The van der Waals surface area contributed by atoms with Gasteiger partial charge in [0, 0.05) is 44.4 Å². The molecule has 2 bridgehead atoms. The number of halogens is 1. The Morgan fingerprint density at radius 1 is 1.33 bits per heavy atom. The lowest BCUT2D eigenvalue weighted by Crippen LogP contribution is -2.41.